The van der Waals surface area contributed by atoms with Crippen molar-refractivity contribution in [2.24, 2.45) is 5.41 Å². The molecule has 1 fully saturated rings. The first kappa shape index (κ1) is 13.8. The van der Waals surface area contributed by atoms with Crippen molar-refractivity contribution < 1.29 is 14.7 Å². The lowest BCUT2D eigenvalue weighted by Crippen LogP contribution is -2.50. The van der Waals surface area contributed by atoms with Crippen LogP contribution in [-0.2, 0) is 4.79 Å². The largest absolute Gasteiger partial charge is 0.481 e. The Labute approximate surface area is 102 Å². The Morgan fingerprint density at radius 2 is 2.00 bits per heavy atom. The van der Waals surface area contributed by atoms with E-state index in [1.165, 1.54) is 0 Å². The van der Waals surface area contributed by atoms with Gasteiger partial charge in [-0.2, -0.15) is 0 Å². The quantitative estimate of drug-likeness (QED) is 0.791. The van der Waals surface area contributed by atoms with Crippen molar-refractivity contribution in [1.82, 2.24) is 10.2 Å². The topological polar surface area (TPSA) is 69.6 Å². The van der Waals surface area contributed by atoms with E-state index < -0.39 is 11.5 Å². The molecule has 0 aliphatic carbocycles. The maximum atomic E-state index is 12.0. The van der Waals surface area contributed by atoms with Crippen molar-refractivity contribution in [3.63, 3.8) is 0 Å². The minimum atomic E-state index is -0.906. The number of hydrogen-bond acceptors (Lipinski definition) is 2. The minimum absolute atomic E-state index is 0.0734. The fraction of sp³-hybridized carbons (Fsp3) is 0.833. The van der Waals surface area contributed by atoms with Crippen molar-refractivity contribution in [2.45, 2.75) is 46.1 Å². The molecule has 17 heavy (non-hydrogen) atoms. The predicted octanol–water partition coefficient (Wildman–Crippen LogP) is 1.68. The van der Waals surface area contributed by atoms with Crippen molar-refractivity contribution in [3.05, 3.63) is 0 Å². The molecule has 1 rings (SSSR count). The third kappa shape index (κ3) is 4.24. The Morgan fingerprint density at radius 3 is 2.41 bits per heavy atom. The van der Waals surface area contributed by atoms with E-state index in [2.05, 4.69) is 19.2 Å². The first-order chi connectivity index (χ1) is 7.61. The van der Waals surface area contributed by atoms with Gasteiger partial charge in [-0.1, -0.05) is 13.8 Å². The van der Waals surface area contributed by atoms with Crippen LogP contribution in [0.4, 0.5) is 4.79 Å². The van der Waals surface area contributed by atoms with Gasteiger partial charge in [0, 0.05) is 18.6 Å². The molecule has 0 aromatic heterocycles. The summed E-state index contributed by atoms with van der Waals surface area (Å²) in [6, 6.07) is -0.165. The fourth-order valence-corrected chi connectivity index (χ4v) is 2.08. The highest BCUT2D eigenvalue weighted by Crippen LogP contribution is 2.28. The van der Waals surface area contributed by atoms with Gasteiger partial charge in [0.1, 0.15) is 0 Å². The summed E-state index contributed by atoms with van der Waals surface area (Å²) in [6.07, 6.45) is 0.912. The van der Waals surface area contributed by atoms with Gasteiger partial charge >= 0.3 is 12.0 Å². The first-order valence-corrected chi connectivity index (χ1v) is 5.90. The molecule has 5 heteroatoms. The number of urea groups is 1. The number of amides is 2. The monoisotopic (exact) mass is 242 g/mol. The van der Waals surface area contributed by atoms with E-state index in [1.54, 1.807) is 18.7 Å². The zero-order chi connectivity index (χ0) is 13.3. The van der Waals surface area contributed by atoms with E-state index in [9.17, 15) is 9.59 Å². The normalized spacial score (nSPS) is 19.2. The second-order valence-corrected chi connectivity index (χ2v) is 6.22. The van der Waals surface area contributed by atoms with Crippen LogP contribution in [0.15, 0.2) is 0 Å². The summed E-state index contributed by atoms with van der Waals surface area (Å²) in [5, 5.41) is 11.5. The molecule has 0 aromatic carbocycles. The van der Waals surface area contributed by atoms with Gasteiger partial charge in [0.15, 0.2) is 0 Å². The summed E-state index contributed by atoms with van der Waals surface area (Å²) >= 11 is 0. The number of nitrogens with zero attached hydrogens (tertiary/aromatic N) is 1. The van der Waals surface area contributed by atoms with Crippen LogP contribution in [0.3, 0.4) is 0 Å². The number of aliphatic carboxylic acids is 1. The third-order valence-corrected chi connectivity index (χ3v) is 3.00. The highest BCUT2D eigenvalue weighted by molar-refractivity contribution is 5.77. The Kier molecular flexibility index (Phi) is 3.69. The summed E-state index contributed by atoms with van der Waals surface area (Å²) < 4.78 is 0. The Hall–Kier alpha value is -1.26. The average Bonchev–Trinajstić information content (AvgIpc) is 2.42. The minimum Gasteiger partial charge on any atom is -0.481 e. The molecule has 1 aliphatic rings. The van der Waals surface area contributed by atoms with Crippen LogP contribution in [-0.4, -0.2) is 40.6 Å². The van der Waals surface area contributed by atoms with Gasteiger partial charge in [-0.15, -0.1) is 0 Å². The van der Waals surface area contributed by atoms with Gasteiger partial charge in [-0.05, 0) is 25.7 Å². The molecule has 5 nitrogen and oxygen atoms in total. The molecule has 1 heterocycles. The van der Waals surface area contributed by atoms with Gasteiger partial charge < -0.3 is 15.3 Å². The molecule has 0 saturated carbocycles. The summed E-state index contributed by atoms with van der Waals surface area (Å²) in [5.74, 6) is -0.906. The maximum Gasteiger partial charge on any atom is 0.317 e. The number of carbonyl (C=O) groups is 2. The molecular weight excluding hydrogens is 220 g/mol. The number of carboxylic acids is 1. The van der Waals surface area contributed by atoms with Crippen molar-refractivity contribution in [1.29, 1.82) is 0 Å². The fourth-order valence-electron chi connectivity index (χ4n) is 2.08. The summed E-state index contributed by atoms with van der Waals surface area (Å²) in [4.78, 5) is 24.4. The maximum absolute atomic E-state index is 12.0. The molecule has 0 bridgehead atoms. The predicted molar refractivity (Wildman–Crippen MR) is 64.8 cm³/mol. The molecular formula is C12H22N2O3. The van der Waals surface area contributed by atoms with E-state index in [4.69, 9.17) is 5.11 Å². The first-order valence-electron chi connectivity index (χ1n) is 5.90. The zero-order valence-electron chi connectivity index (χ0n) is 11.0. The second-order valence-electron chi connectivity index (χ2n) is 6.22. The molecule has 0 unspecified atom stereocenters. The van der Waals surface area contributed by atoms with Gasteiger partial charge in [0.05, 0.1) is 6.42 Å². The van der Waals surface area contributed by atoms with Crippen LogP contribution < -0.4 is 5.32 Å². The summed E-state index contributed by atoms with van der Waals surface area (Å²) in [7, 11) is 0. The zero-order valence-corrected chi connectivity index (χ0v) is 11.0. The van der Waals surface area contributed by atoms with Crippen LogP contribution in [0, 0.1) is 5.41 Å². The number of hydrogen-bond donors (Lipinski definition) is 2. The van der Waals surface area contributed by atoms with Crippen molar-refractivity contribution >= 4 is 12.0 Å². The van der Waals surface area contributed by atoms with Crippen LogP contribution >= 0.6 is 0 Å². The average molecular weight is 242 g/mol. The Balaban J connectivity index is 2.52. The molecule has 2 N–H and O–H groups in total. The molecule has 98 valence electrons. The van der Waals surface area contributed by atoms with Gasteiger partial charge in [0.25, 0.3) is 0 Å². The Morgan fingerprint density at radius 1 is 1.41 bits per heavy atom. The SMILES string of the molecule is CC1(C)CCN(C(=O)NC(C)(C)CC(=O)O)C1. The van der Waals surface area contributed by atoms with Crippen molar-refractivity contribution in [3.8, 4) is 0 Å². The highest BCUT2D eigenvalue weighted by atomic mass is 16.4. The van der Waals surface area contributed by atoms with Crippen LogP contribution in [0.5, 0.6) is 0 Å². The summed E-state index contributed by atoms with van der Waals surface area (Å²) in [5.41, 5.74) is -0.552. The molecule has 0 radical (unpaired) electrons. The number of nitrogens with one attached hydrogen (secondary N) is 1. The van der Waals surface area contributed by atoms with Crippen LogP contribution in [0.1, 0.15) is 40.5 Å². The summed E-state index contributed by atoms with van der Waals surface area (Å²) in [6.45, 7) is 9.16. The number of carbonyl (C=O) groups excluding carboxylic acids is 1. The lowest BCUT2D eigenvalue weighted by Gasteiger charge is -2.28. The molecule has 1 aliphatic heterocycles. The van der Waals surface area contributed by atoms with Crippen LogP contribution in [0.2, 0.25) is 0 Å². The van der Waals surface area contributed by atoms with E-state index in [0.717, 1.165) is 19.5 Å². The number of likely N-dealkylation sites (tertiary alicyclic amines) is 1. The third-order valence-electron chi connectivity index (χ3n) is 3.00. The molecule has 0 aromatic rings. The lowest BCUT2D eigenvalue weighted by atomic mass is 9.93. The smallest absolute Gasteiger partial charge is 0.317 e. The van der Waals surface area contributed by atoms with E-state index >= 15 is 0 Å². The molecule has 2 amide bonds. The van der Waals surface area contributed by atoms with E-state index in [0.29, 0.717) is 0 Å². The standard InChI is InChI=1S/C12H22N2O3/c1-11(2)5-6-14(8-11)10(17)13-12(3,4)7-9(15)16/h5-8H2,1-4H3,(H,13,17)(H,15,16). The Bertz CT molecular complexity index is 324. The van der Waals surface area contributed by atoms with Gasteiger partial charge in [0.2, 0.25) is 0 Å². The number of rotatable bonds is 3. The van der Waals surface area contributed by atoms with Crippen molar-refractivity contribution in [2.75, 3.05) is 13.1 Å². The lowest BCUT2D eigenvalue weighted by molar-refractivity contribution is -0.138. The molecule has 0 spiro atoms. The highest BCUT2D eigenvalue weighted by Gasteiger charge is 2.34. The van der Waals surface area contributed by atoms with Gasteiger partial charge in [-0.25, -0.2) is 4.79 Å². The van der Waals surface area contributed by atoms with E-state index in [-0.39, 0.29) is 17.9 Å². The van der Waals surface area contributed by atoms with Gasteiger partial charge in [-0.3, -0.25) is 4.79 Å². The van der Waals surface area contributed by atoms with Crippen LogP contribution in [0.25, 0.3) is 0 Å². The molecule has 0 atom stereocenters. The van der Waals surface area contributed by atoms with E-state index in [1.807, 2.05) is 0 Å². The number of carboxylic acid groups (broad SMARTS) is 1. The molecule has 1 saturated heterocycles. The second kappa shape index (κ2) is 4.55.